The molecule has 3 aromatic carbocycles. The highest BCUT2D eigenvalue weighted by molar-refractivity contribution is 9.10. The number of carboxylic acid groups (broad SMARTS) is 1. The first-order valence-electron chi connectivity index (χ1n) is 12.1. The van der Waals surface area contributed by atoms with Crippen LogP contribution in [-0.4, -0.2) is 41.3 Å². The molecule has 1 amide bonds. The lowest BCUT2D eigenvalue weighted by molar-refractivity contribution is 0.0657. The first-order valence-corrected chi connectivity index (χ1v) is 13.8. The molecule has 5 rings (SSSR count). The first kappa shape index (κ1) is 28.2. The monoisotopic (exact) mass is 640 g/mol. The number of halogens is 2. The van der Waals surface area contributed by atoms with E-state index in [2.05, 4.69) is 21.0 Å². The molecule has 1 N–H and O–H groups in total. The summed E-state index contributed by atoms with van der Waals surface area (Å²) in [5, 5.41) is 14.9. The van der Waals surface area contributed by atoms with Crippen LogP contribution in [0.15, 0.2) is 86.8 Å². The van der Waals surface area contributed by atoms with Crippen LogP contribution in [-0.2, 0) is 6.61 Å². The molecule has 1 aliphatic heterocycles. The van der Waals surface area contributed by atoms with Crippen LogP contribution in [0.25, 0.3) is 0 Å². The van der Waals surface area contributed by atoms with E-state index in [1.165, 1.54) is 55.3 Å². The van der Waals surface area contributed by atoms with E-state index in [4.69, 9.17) is 23.7 Å². The highest BCUT2D eigenvalue weighted by Crippen LogP contribution is 2.48. The van der Waals surface area contributed by atoms with Crippen LogP contribution in [0.2, 0.25) is 0 Å². The molecular formula is C29H22BrFN2O7S. The molecule has 12 heteroatoms. The number of rotatable bonds is 9. The van der Waals surface area contributed by atoms with Gasteiger partial charge in [0.15, 0.2) is 11.5 Å². The van der Waals surface area contributed by atoms with Gasteiger partial charge in [0.25, 0.3) is 5.91 Å². The van der Waals surface area contributed by atoms with Gasteiger partial charge in [-0.3, -0.25) is 4.79 Å². The Bertz CT molecular complexity index is 1640. The molecule has 0 aliphatic carbocycles. The zero-order chi connectivity index (χ0) is 29.1. The average Bonchev–Trinajstić information content (AvgIpc) is 3.64. The highest BCUT2D eigenvalue weighted by atomic mass is 79.9. The number of amides is 1. The number of hydrazone groups is 1. The second kappa shape index (κ2) is 12.1. The third-order valence-corrected chi connectivity index (χ3v) is 7.98. The van der Waals surface area contributed by atoms with Crippen molar-refractivity contribution in [3.05, 3.63) is 111 Å². The SMILES string of the molecule is COc1ccc(Br)c(C(=O)N2N=C(c3ccc(F)cc3)SC2c2cccc(OCc3ccc(C(=O)O)o3)c2OC)c1. The number of hydrogen-bond acceptors (Lipinski definition) is 8. The maximum absolute atomic E-state index is 13.9. The van der Waals surface area contributed by atoms with E-state index in [1.54, 1.807) is 48.5 Å². The Morgan fingerprint density at radius 2 is 1.85 bits per heavy atom. The summed E-state index contributed by atoms with van der Waals surface area (Å²) in [5.74, 6) is -0.659. The van der Waals surface area contributed by atoms with Crippen molar-refractivity contribution >= 4 is 44.6 Å². The fourth-order valence-electron chi connectivity index (χ4n) is 4.09. The number of carbonyl (C=O) groups excluding carboxylic acids is 1. The number of aromatic carboxylic acids is 1. The normalized spacial score (nSPS) is 14.5. The maximum Gasteiger partial charge on any atom is 0.371 e. The van der Waals surface area contributed by atoms with Crippen molar-refractivity contribution in [2.75, 3.05) is 14.2 Å². The predicted octanol–water partition coefficient (Wildman–Crippen LogP) is 6.73. The Hall–Kier alpha value is -4.29. The van der Waals surface area contributed by atoms with Crippen LogP contribution in [0.3, 0.4) is 0 Å². The number of furan rings is 1. The van der Waals surface area contributed by atoms with E-state index in [0.717, 1.165) is 0 Å². The van der Waals surface area contributed by atoms with Crippen molar-refractivity contribution in [3.63, 3.8) is 0 Å². The average molecular weight is 641 g/mol. The Balaban J connectivity index is 1.52. The Kier molecular flexibility index (Phi) is 8.31. The zero-order valence-corrected chi connectivity index (χ0v) is 24.1. The van der Waals surface area contributed by atoms with Crippen LogP contribution >= 0.6 is 27.7 Å². The molecular weight excluding hydrogens is 619 g/mol. The van der Waals surface area contributed by atoms with Crippen LogP contribution < -0.4 is 14.2 Å². The van der Waals surface area contributed by atoms with Gasteiger partial charge < -0.3 is 23.7 Å². The first-order chi connectivity index (χ1) is 19.8. The lowest BCUT2D eigenvalue weighted by atomic mass is 10.1. The molecule has 9 nitrogen and oxygen atoms in total. The van der Waals surface area contributed by atoms with Crippen LogP contribution in [0.5, 0.6) is 17.2 Å². The van der Waals surface area contributed by atoms with Crippen molar-refractivity contribution in [3.8, 4) is 17.2 Å². The molecule has 0 bridgehead atoms. The molecule has 0 saturated heterocycles. The number of para-hydroxylation sites is 1. The van der Waals surface area contributed by atoms with Crippen molar-refractivity contribution in [2.45, 2.75) is 12.0 Å². The number of thioether (sulfide) groups is 1. The van der Waals surface area contributed by atoms with Gasteiger partial charge in [0.1, 0.15) is 34.4 Å². The second-order valence-corrected chi connectivity index (χ2v) is 10.5. The predicted molar refractivity (Wildman–Crippen MR) is 153 cm³/mol. The molecule has 210 valence electrons. The largest absolute Gasteiger partial charge is 0.497 e. The summed E-state index contributed by atoms with van der Waals surface area (Å²) in [6.07, 6.45) is 0. The van der Waals surface area contributed by atoms with Crippen molar-refractivity contribution in [1.29, 1.82) is 0 Å². The minimum absolute atomic E-state index is 0.0539. The molecule has 2 heterocycles. The van der Waals surface area contributed by atoms with E-state index < -0.39 is 17.3 Å². The second-order valence-electron chi connectivity index (χ2n) is 8.62. The molecule has 1 aliphatic rings. The smallest absolute Gasteiger partial charge is 0.371 e. The third-order valence-electron chi connectivity index (χ3n) is 6.07. The number of carbonyl (C=O) groups is 2. The van der Waals surface area contributed by atoms with Crippen LogP contribution in [0, 0.1) is 5.82 Å². The van der Waals surface area contributed by atoms with Gasteiger partial charge in [-0.25, -0.2) is 14.2 Å². The van der Waals surface area contributed by atoms with Gasteiger partial charge >= 0.3 is 5.97 Å². The summed E-state index contributed by atoms with van der Waals surface area (Å²) in [6, 6.07) is 19.0. The number of methoxy groups -OCH3 is 2. The lowest BCUT2D eigenvalue weighted by Crippen LogP contribution is -2.26. The van der Waals surface area contributed by atoms with Crippen molar-refractivity contribution < 1.29 is 37.7 Å². The van der Waals surface area contributed by atoms with Crippen LogP contribution in [0.4, 0.5) is 4.39 Å². The summed E-state index contributed by atoms with van der Waals surface area (Å²) in [4.78, 5) is 25.1. The van der Waals surface area contributed by atoms with Gasteiger partial charge in [-0.15, -0.1) is 0 Å². The zero-order valence-electron chi connectivity index (χ0n) is 21.7. The van der Waals surface area contributed by atoms with E-state index in [9.17, 15) is 14.0 Å². The number of nitrogens with zero attached hydrogens (tertiary/aromatic N) is 2. The highest BCUT2D eigenvalue weighted by Gasteiger charge is 2.37. The molecule has 1 aromatic heterocycles. The lowest BCUT2D eigenvalue weighted by Gasteiger charge is -2.24. The Morgan fingerprint density at radius 1 is 1.07 bits per heavy atom. The quantitative estimate of drug-likeness (QED) is 0.214. The van der Waals surface area contributed by atoms with Crippen molar-refractivity contribution in [1.82, 2.24) is 5.01 Å². The molecule has 0 radical (unpaired) electrons. The summed E-state index contributed by atoms with van der Waals surface area (Å²) in [6.45, 7) is -0.0539. The maximum atomic E-state index is 13.9. The van der Waals surface area contributed by atoms with Gasteiger partial charge in [0.2, 0.25) is 5.76 Å². The fraction of sp³-hybridized carbons (Fsp3) is 0.138. The summed E-state index contributed by atoms with van der Waals surface area (Å²) in [7, 11) is 2.99. The topological polar surface area (TPSA) is 111 Å². The Morgan fingerprint density at radius 3 is 2.54 bits per heavy atom. The standard InChI is InChI=1S/C29H22BrFN2O7S/c1-37-18-10-12-22(30)21(14-18)27(34)33-28(41-26(32-33)16-6-8-17(31)9-7-16)20-4-3-5-23(25(20)38-2)39-15-19-11-13-24(40-19)29(35)36/h3-14,28H,15H2,1-2H3,(H,35,36). The molecule has 0 saturated carbocycles. The number of carboxylic acids is 1. The minimum Gasteiger partial charge on any atom is -0.497 e. The molecule has 0 fully saturated rings. The molecule has 0 spiro atoms. The third kappa shape index (κ3) is 5.93. The van der Waals surface area contributed by atoms with Crippen molar-refractivity contribution in [2.24, 2.45) is 5.10 Å². The molecule has 41 heavy (non-hydrogen) atoms. The van der Waals surface area contributed by atoms with E-state index in [-0.39, 0.29) is 18.2 Å². The minimum atomic E-state index is -1.18. The van der Waals surface area contributed by atoms with E-state index >= 15 is 0 Å². The molecule has 1 unspecified atom stereocenters. The number of ether oxygens (including phenoxy) is 3. The van der Waals surface area contributed by atoms with E-state index in [0.29, 0.717) is 49.2 Å². The van der Waals surface area contributed by atoms with E-state index in [1.807, 2.05) is 0 Å². The van der Waals surface area contributed by atoms with Gasteiger partial charge in [-0.05, 0) is 76.6 Å². The van der Waals surface area contributed by atoms with Gasteiger partial charge in [-0.1, -0.05) is 23.9 Å². The summed E-state index contributed by atoms with van der Waals surface area (Å²) in [5.41, 5.74) is 1.56. The molecule has 4 aromatic rings. The van der Waals surface area contributed by atoms with Gasteiger partial charge in [0, 0.05) is 15.6 Å². The fourth-order valence-corrected chi connectivity index (χ4v) is 5.68. The summed E-state index contributed by atoms with van der Waals surface area (Å²) < 4.78 is 36.5. The number of benzene rings is 3. The number of hydrogen-bond donors (Lipinski definition) is 1. The molecule has 1 atom stereocenters. The van der Waals surface area contributed by atoms with Crippen LogP contribution in [0.1, 0.15) is 43.2 Å². The summed E-state index contributed by atoms with van der Waals surface area (Å²) >= 11 is 4.75. The van der Waals surface area contributed by atoms with Gasteiger partial charge in [-0.2, -0.15) is 5.10 Å². The van der Waals surface area contributed by atoms with Gasteiger partial charge in [0.05, 0.1) is 19.8 Å². The Labute approximate surface area is 246 Å².